The van der Waals surface area contributed by atoms with Crippen LogP contribution in [-0.2, 0) is 20.0 Å². The van der Waals surface area contributed by atoms with Crippen LogP contribution in [0.15, 0.2) is 84.9 Å². The van der Waals surface area contributed by atoms with E-state index in [2.05, 4.69) is 71.5 Å². The molecule has 2 aliphatic heterocycles. The van der Waals surface area contributed by atoms with Gasteiger partial charge < -0.3 is 35.0 Å². The Morgan fingerprint density at radius 1 is 0.983 bits per heavy atom. The Morgan fingerprint density at radius 2 is 1.66 bits per heavy atom. The van der Waals surface area contributed by atoms with Gasteiger partial charge in [0.1, 0.15) is 6.79 Å². The number of likely N-dealkylation sites (tertiary alicyclic amines) is 2. The zero-order chi connectivity index (χ0) is 42.8. The predicted octanol–water partition coefficient (Wildman–Crippen LogP) is 6.86. The fraction of sp³-hybridized carbons (Fsp3) is 0.372. The molecule has 0 saturated carbocycles. The number of nitrogens with one attached hydrogen (secondary N) is 1. The maximum Gasteiger partial charge on any atom is 0.339 e. The van der Waals surface area contributed by atoms with Crippen molar-refractivity contribution < 1.29 is 37.7 Å². The fourth-order valence-corrected chi connectivity index (χ4v) is 6.91. The lowest BCUT2D eigenvalue weighted by Gasteiger charge is -2.17. The Kier molecular flexibility index (Phi) is 19.0. The number of amides is 3. The van der Waals surface area contributed by atoms with Crippen molar-refractivity contribution in [1.82, 2.24) is 24.9 Å². The predicted molar refractivity (Wildman–Crippen MR) is 225 cm³/mol. The highest BCUT2D eigenvalue weighted by molar-refractivity contribution is 7.46. The second kappa shape index (κ2) is 23.3. The van der Waals surface area contributed by atoms with E-state index in [1.807, 2.05) is 24.7 Å². The maximum absolute atomic E-state index is 13.5. The number of nitrogens with zero attached hydrogens (tertiary/aromatic N) is 4. The Bertz CT molecular complexity index is 2060. The number of aryl methyl sites for hydroxylation is 2. The molecule has 3 amide bonds. The summed E-state index contributed by atoms with van der Waals surface area (Å²) in [6, 6.07) is 25.2. The number of rotatable bonds is 9. The summed E-state index contributed by atoms with van der Waals surface area (Å²) in [6.07, 6.45) is 5.73. The molecule has 4 aromatic carbocycles. The van der Waals surface area contributed by atoms with E-state index < -0.39 is 25.5 Å². The van der Waals surface area contributed by atoms with Crippen LogP contribution < -0.4 is 5.73 Å². The molecule has 2 saturated heterocycles. The van der Waals surface area contributed by atoms with E-state index in [4.69, 9.17) is 20.3 Å². The highest BCUT2D eigenvalue weighted by atomic mass is 31.2. The van der Waals surface area contributed by atoms with E-state index in [0.29, 0.717) is 23.7 Å². The number of carbonyl (C=O) groups is 4. The van der Waals surface area contributed by atoms with Crippen molar-refractivity contribution in [3.63, 3.8) is 0 Å². The fourth-order valence-electron chi connectivity index (χ4n) is 6.54. The van der Waals surface area contributed by atoms with Crippen LogP contribution >= 0.6 is 8.38 Å². The first-order chi connectivity index (χ1) is 27.7. The smallest absolute Gasteiger partial charge is 0.339 e. The lowest BCUT2D eigenvalue weighted by molar-refractivity contribution is -0.130. The topological polar surface area (TPSA) is 173 Å². The lowest BCUT2D eigenvalue weighted by Crippen LogP contribution is -2.28. The summed E-state index contributed by atoms with van der Waals surface area (Å²) in [5, 5.41) is 9.34. The van der Waals surface area contributed by atoms with Crippen LogP contribution in [0.4, 0.5) is 8.78 Å². The second-order valence-corrected chi connectivity index (χ2v) is 15.4. The molecular weight excluding hydrogens is 765 g/mol. The molecule has 0 radical (unpaired) electrons. The average molecular weight is 821 g/mol. The van der Waals surface area contributed by atoms with Crippen LogP contribution in [0, 0.1) is 13.8 Å². The van der Waals surface area contributed by atoms with Gasteiger partial charge in [0.2, 0.25) is 26.6 Å². The lowest BCUT2D eigenvalue weighted by atomic mass is 9.99. The van der Waals surface area contributed by atoms with Crippen molar-refractivity contribution >= 4 is 55.1 Å². The van der Waals surface area contributed by atoms with Gasteiger partial charge in [-0.15, -0.1) is 0 Å². The second-order valence-electron chi connectivity index (χ2n) is 14.3. The quantitative estimate of drug-likeness (QED) is 0.0922. The molecule has 58 heavy (non-hydrogen) atoms. The van der Waals surface area contributed by atoms with E-state index in [0.717, 1.165) is 68.0 Å². The van der Waals surface area contributed by atoms with Gasteiger partial charge in [0.15, 0.2) is 0 Å². The first-order valence-corrected chi connectivity index (χ1v) is 20.2. The molecule has 0 bridgehead atoms. The van der Waals surface area contributed by atoms with Crippen LogP contribution in [0.2, 0.25) is 0 Å². The van der Waals surface area contributed by atoms with Gasteiger partial charge in [-0.3, -0.25) is 19.5 Å². The number of carbonyl (C=O) groups excluding carboxylic acids is 4. The minimum absolute atomic E-state index is 0.197. The molecule has 5 aromatic rings. The molecule has 1 aromatic heterocycles. The van der Waals surface area contributed by atoms with Crippen LogP contribution in [-0.4, -0.2) is 107 Å². The van der Waals surface area contributed by atoms with Crippen LogP contribution in [0.25, 0.3) is 21.7 Å². The number of fused-ring (bicyclic) bond motifs is 2. The van der Waals surface area contributed by atoms with Gasteiger partial charge in [-0.2, -0.15) is 13.9 Å². The van der Waals surface area contributed by atoms with Crippen molar-refractivity contribution in [2.75, 3.05) is 46.8 Å². The Labute approximate surface area is 339 Å². The number of alkyl halides is 2. The van der Waals surface area contributed by atoms with E-state index in [9.17, 15) is 23.2 Å². The Morgan fingerprint density at radius 3 is 2.26 bits per heavy atom. The van der Waals surface area contributed by atoms with E-state index in [1.165, 1.54) is 54.2 Å². The summed E-state index contributed by atoms with van der Waals surface area (Å²) < 4.78 is 27.0. The van der Waals surface area contributed by atoms with Gasteiger partial charge in [0, 0.05) is 61.9 Å². The van der Waals surface area contributed by atoms with E-state index >= 15 is 0 Å². The molecule has 7 rings (SSSR count). The molecule has 3 heterocycles. The molecule has 0 aliphatic carbocycles. The number of aromatic amines is 1. The first-order valence-electron chi connectivity index (χ1n) is 19.0. The number of nitrogens with two attached hydrogens (primary N) is 1. The molecule has 15 heteroatoms. The summed E-state index contributed by atoms with van der Waals surface area (Å²) in [5.41, 5.74) is 6.05. The van der Waals surface area contributed by atoms with Crippen LogP contribution in [0.3, 0.4) is 0 Å². The molecule has 2 aliphatic rings. The number of benzene rings is 4. The minimum atomic E-state index is -3.72. The largest absolute Gasteiger partial charge is 0.366 e. The normalized spacial score (nSPS) is 14.9. The van der Waals surface area contributed by atoms with E-state index in [-0.39, 0.29) is 11.5 Å². The van der Waals surface area contributed by atoms with Gasteiger partial charge in [0.25, 0.3) is 0 Å². The third-order valence-electron chi connectivity index (χ3n) is 9.83. The average Bonchev–Trinajstić information content (AvgIpc) is 4.01. The number of aromatic nitrogens is 2. The summed E-state index contributed by atoms with van der Waals surface area (Å²) in [7, 11) is 0.506. The molecule has 312 valence electrons. The number of halogens is 2. The van der Waals surface area contributed by atoms with Gasteiger partial charge in [-0.05, 0) is 106 Å². The van der Waals surface area contributed by atoms with Crippen molar-refractivity contribution in [2.45, 2.75) is 57.5 Å². The SMILES string of the molecule is C=O.CN(C=O)CCCC(=O)N1CCCC1.CN1CCC(c2ccccc2)C1.Cc1ccc2n[nH]c(C)c2c1.NC(=O)c1ccc2ccc(C(F)(F)P(O)O)cc2c1. The third kappa shape index (κ3) is 14.1. The summed E-state index contributed by atoms with van der Waals surface area (Å²) in [5.74, 6) is 0.351. The molecule has 12 nitrogen and oxygen atoms in total. The van der Waals surface area contributed by atoms with Crippen LogP contribution in [0.5, 0.6) is 0 Å². The van der Waals surface area contributed by atoms with Gasteiger partial charge in [-0.25, -0.2) is 0 Å². The molecule has 1 atom stereocenters. The maximum atomic E-state index is 13.5. The number of likely N-dealkylation sites (N-methyl/N-ethyl adjacent to an activating group) is 1. The molecule has 1 unspecified atom stereocenters. The zero-order valence-corrected chi connectivity index (χ0v) is 34.5. The van der Waals surface area contributed by atoms with Crippen molar-refractivity contribution in [1.29, 1.82) is 0 Å². The Balaban J connectivity index is 0.000000208. The molecule has 5 N–H and O–H groups in total. The molecular formula is C43H55F2N6O6P. The summed E-state index contributed by atoms with van der Waals surface area (Å²) in [4.78, 5) is 64.2. The summed E-state index contributed by atoms with van der Waals surface area (Å²) in [6.45, 7) is 11.1. The summed E-state index contributed by atoms with van der Waals surface area (Å²) >= 11 is 0. The van der Waals surface area contributed by atoms with Crippen molar-refractivity contribution in [2.24, 2.45) is 5.73 Å². The molecule has 2 fully saturated rings. The minimum Gasteiger partial charge on any atom is -0.366 e. The number of hydrogen-bond donors (Lipinski definition) is 4. The number of hydrogen-bond acceptors (Lipinski definition) is 8. The van der Waals surface area contributed by atoms with E-state index in [1.54, 1.807) is 18.0 Å². The van der Waals surface area contributed by atoms with Gasteiger partial charge in [0.05, 0.1) is 5.52 Å². The first kappa shape index (κ1) is 47.2. The zero-order valence-electron chi connectivity index (χ0n) is 33.6. The highest BCUT2D eigenvalue weighted by Crippen LogP contribution is 2.52. The third-order valence-corrected chi connectivity index (χ3v) is 10.6. The standard InChI is InChI=1S/C12H10F2NO3P.C11H15N.C10H18N2O2.C9H10N2.CH2O/c13-12(14,19(17)18)10-4-3-7-1-2-8(11(15)16)5-9(7)6-10;1-12-8-7-11(9-12)10-5-3-2-4-6-10;1-11(9-13)6-4-5-10(14)12-7-2-3-8-12;1-6-3-4-9-8(5-6)7(2)10-11-9;1-2/h1-6,17-18H,(H2,15,16);2-6,11H,7-9H2,1H3;9H,2-8H2,1H3;3-5H,1-2H3,(H,10,11);1H2. The van der Waals surface area contributed by atoms with Crippen LogP contribution in [0.1, 0.15) is 70.8 Å². The monoisotopic (exact) mass is 820 g/mol. The van der Waals surface area contributed by atoms with Crippen molar-refractivity contribution in [3.8, 4) is 0 Å². The number of primary amides is 1. The Hall–Kier alpha value is -5.14. The highest BCUT2D eigenvalue weighted by Gasteiger charge is 2.41. The van der Waals surface area contributed by atoms with Gasteiger partial charge in [-0.1, -0.05) is 60.2 Å². The van der Waals surface area contributed by atoms with Gasteiger partial charge >= 0.3 is 5.66 Å². The number of H-pyrrole nitrogens is 1. The molecule has 0 spiro atoms. The van der Waals surface area contributed by atoms with Crippen molar-refractivity contribution in [3.05, 3.63) is 113 Å².